The summed E-state index contributed by atoms with van der Waals surface area (Å²) in [5.74, 6) is 0.933. The summed E-state index contributed by atoms with van der Waals surface area (Å²) in [7, 11) is 0. The third-order valence-corrected chi connectivity index (χ3v) is 5.35. The lowest BCUT2D eigenvalue weighted by atomic mass is 10.2. The van der Waals surface area contributed by atoms with Gasteiger partial charge in [-0.15, -0.1) is 0 Å². The van der Waals surface area contributed by atoms with E-state index < -0.39 is 0 Å². The van der Waals surface area contributed by atoms with Crippen molar-refractivity contribution >= 4 is 17.3 Å². The van der Waals surface area contributed by atoms with Gasteiger partial charge >= 0.3 is 0 Å². The summed E-state index contributed by atoms with van der Waals surface area (Å²) < 4.78 is 10.9. The molecule has 24 heavy (non-hydrogen) atoms. The molecule has 0 bridgehead atoms. The molecule has 2 fully saturated rings. The van der Waals surface area contributed by atoms with E-state index in [0.29, 0.717) is 6.10 Å². The van der Waals surface area contributed by atoms with E-state index in [1.54, 1.807) is 0 Å². The quantitative estimate of drug-likeness (QED) is 0.830. The van der Waals surface area contributed by atoms with Crippen LogP contribution >= 0.6 is 12.2 Å². The van der Waals surface area contributed by atoms with Crippen molar-refractivity contribution in [3.05, 3.63) is 17.0 Å². The van der Waals surface area contributed by atoms with Crippen LogP contribution in [-0.4, -0.2) is 65.5 Å². The first-order valence-corrected chi connectivity index (χ1v) is 9.33. The number of rotatable bonds is 4. The lowest BCUT2D eigenvalue weighted by Gasteiger charge is -2.25. The number of thiocarbonyl (C=S) groups is 1. The third kappa shape index (κ3) is 4.46. The average Bonchev–Trinajstić information content (AvgIpc) is 3.12. The number of ether oxygens (including phenoxy) is 1. The predicted molar refractivity (Wildman–Crippen MR) is 97.0 cm³/mol. The smallest absolute Gasteiger partial charge is 0.169 e. The van der Waals surface area contributed by atoms with Crippen molar-refractivity contribution in [1.82, 2.24) is 20.3 Å². The molecule has 2 aliphatic rings. The zero-order valence-electron chi connectivity index (χ0n) is 14.7. The molecule has 6 nitrogen and oxygen atoms in total. The standard InChI is InChI=1S/C17H28N4O2S/c1-13-16(14(2)23-19-13)12-20-6-4-7-21(9-8-20)17(24)18-11-15-5-3-10-22-15/h15H,3-12H2,1-2H3,(H,18,24). The van der Waals surface area contributed by atoms with Crippen molar-refractivity contribution in [2.24, 2.45) is 0 Å². The van der Waals surface area contributed by atoms with E-state index in [4.69, 9.17) is 21.5 Å². The van der Waals surface area contributed by atoms with Crippen LogP contribution in [0.25, 0.3) is 0 Å². The molecule has 1 N–H and O–H groups in total. The van der Waals surface area contributed by atoms with Gasteiger partial charge in [0.05, 0.1) is 11.8 Å². The molecule has 3 heterocycles. The van der Waals surface area contributed by atoms with Gasteiger partial charge in [0.2, 0.25) is 0 Å². The van der Waals surface area contributed by atoms with Gasteiger partial charge in [-0.2, -0.15) is 0 Å². The lowest BCUT2D eigenvalue weighted by molar-refractivity contribution is 0.113. The minimum atomic E-state index is 0.325. The van der Waals surface area contributed by atoms with Crippen LogP contribution in [0.2, 0.25) is 0 Å². The first-order chi connectivity index (χ1) is 11.6. The topological polar surface area (TPSA) is 53.8 Å². The molecule has 2 aliphatic heterocycles. The van der Waals surface area contributed by atoms with Crippen LogP contribution in [0.5, 0.6) is 0 Å². The van der Waals surface area contributed by atoms with Crippen LogP contribution in [0.15, 0.2) is 4.52 Å². The first kappa shape index (κ1) is 17.6. The average molecular weight is 353 g/mol. The lowest BCUT2D eigenvalue weighted by Crippen LogP contribution is -2.44. The van der Waals surface area contributed by atoms with E-state index in [1.807, 2.05) is 13.8 Å². The Balaban J connectivity index is 1.46. The van der Waals surface area contributed by atoms with Crippen LogP contribution in [0.3, 0.4) is 0 Å². The van der Waals surface area contributed by atoms with Crippen molar-refractivity contribution in [2.75, 3.05) is 39.3 Å². The monoisotopic (exact) mass is 352 g/mol. The summed E-state index contributed by atoms with van der Waals surface area (Å²) in [6.45, 7) is 10.7. The summed E-state index contributed by atoms with van der Waals surface area (Å²) >= 11 is 5.58. The second kappa shape index (κ2) is 8.27. The Labute approximate surface area is 149 Å². The highest BCUT2D eigenvalue weighted by Crippen LogP contribution is 2.16. The number of hydrogen-bond donors (Lipinski definition) is 1. The van der Waals surface area contributed by atoms with Gasteiger partial charge in [-0.3, -0.25) is 4.90 Å². The van der Waals surface area contributed by atoms with Crippen molar-refractivity contribution < 1.29 is 9.26 Å². The molecule has 0 radical (unpaired) electrons. The highest BCUT2D eigenvalue weighted by molar-refractivity contribution is 7.80. The summed E-state index contributed by atoms with van der Waals surface area (Å²) in [5.41, 5.74) is 2.23. The van der Waals surface area contributed by atoms with Gasteiger partial charge in [-0.1, -0.05) is 5.16 Å². The summed E-state index contributed by atoms with van der Waals surface area (Å²) in [6, 6.07) is 0. The molecule has 0 saturated carbocycles. The highest BCUT2D eigenvalue weighted by Gasteiger charge is 2.21. The van der Waals surface area contributed by atoms with Gasteiger partial charge in [-0.05, 0) is 45.3 Å². The number of nitrogens with one attached hydrogen (secondary N) is 1. The minimum Gasteiger partial charge on any atom is -0.376 e. The summed E-state index contributed by atoms with van der Waals surface area (Å²) in [6.07, 6.45) is 3.75. The molecule has 0 spiro atoms. The second-order valence-corrected chi connectivity index (χ2v) is 7.13. The van der Waals surface area contributed by atoms with Crippen molar-refractivity contribution in [3.63, 3.8) is 0 Å². The van der Waals surface area contributed by atoms with E-state index in [2.05, 4.69) is 20.3 Å². The van der Waals surface area contributed by atoms with E-state index in [-0.39, 0.29) is 0 Å². The van der Waals surface area contributed by atoms with Crippen LogP contribution in [0.1, 0.15) is 36.3 Å². The maximum atomic E-state index is 5.65. The molecular weight excluding hydrogens is 324 g/mol. The van der Waals surface area contributed by atoms with Gasteiger partial charge in [0.25, 0.3) is 0 Å². The zero-order chi connectivity index (χ0) is 16.9. The van der Waals surface area contributed by atoms with Gasteiger partial charge in [0.15, 0.2) is 5.11 Å². The Morgan fingerprint density at radius 3 is 2.83 bits per heavy atom. The number of aromatic nitrogens is 1. The summed E-state index contributed by atoms with van der Waals surface area (Å²) in [4.78, 5) is 4.76. The largest absolute Gasteiger partial charge is 0.376 e. The maximum Gasteiger partial charge on any atom is 0.169 e. The molecule has 0 amide bonds. The van der Waals surface area contributed by atoms with Crippen molar-refractivity contribution in [2.45, 2.75) is 45.8 Å². The Hall–Kier alpha value is -1.18. The van der Waals surface area contributed by atoms with Crippen LogP contribution in [-0.2, 0) is 11.3 Å². The molecule has 2 saturated heterocycles. The molecular formula is C17H28N4O2S. The Morgan fingerprint density at radius 2 is 2.12 bits per heavy atom. The van der Waals surface area contributed by atoms with Gasteiger partial charge in [0, 0.05) is 51.4 Å². The van der Waals surface area contributed by atoms with Crippen LogP contribution in [0.4, 0.5) is 0 Å². The number of nitrogens with zero attached hydrogens (tertiary/aromatic N) is 3. The molecule has 1 atom stereocenters. The highest BCUT2D eigenvalue weighted by atomic mass is 32.1. The first-order valence-electron chi connectivity index (χ1n) is 8.92. The van der Waals surface area contributed by atoms with Gasteiger partial charge in [0.1, 0.15) is 5.76 Å². The fourth-order valence-electron chi connectivity index (χ4n) is 3.40. The molecule has 134 valence electrons. The second-order valence-electron chi connectivity index (χ2n) is 6.74. The fraction of sp³-hybridized carbons (Fsp3) is 0.765. The number of hydrogen-bond acceptors (Lipinski definition) is 5. The SMILES string of the molecule is Cc1noc(C)c1CN1CCCN(C(=S)NCC2CCCO2)CC1. The maximum absolute atomic E-state index is 5.65. The predicted octanol–water partition coefficient (Wildman–Crippen LogP) is 1.85. The molecule has 1 aromatic rings. The Bertz CT molecular complexity index is 537. The minimum absolute atomic E-state index is 0.325. The number of aryl methyl sites for hydroxylation is 2. The fourth-order valence-corrected chi connectivity index (χ4v) is 3.67. The van der Waals surface area contributed by atoms with E-state index in [9.17, 15) is 0 Å². The van der Waals surface area contributed by atoms with E-state index >= 15 is 0 Å². The third-order valence-electron chi connectivity index (χ3n) is 4.94. The molecule has 1 aromatic heterocycles. The van der Waals surface area contributed by atoms with E-state index in [0.717, 1.165) is 75.3 Å². The Morgan fingerprint density at radius 1 is 1.25 bits per heavy atom. The molecule has 7 heteroatoms. The van der Waals surface area contributed by atoms with Gasteiger partial charge in [-0.25, -0.2) is 0 Å². The van der Waals surface area contributed by atoms with Crippen LogP contribution < -0.4 is 5.32 Å². The molecule has 0 aliphatic carbocycles. The normalized spacial score (nSPS) is 22.6. The molecule has 1 unspecified atom stereocenters. The van der Waals surface area contributed by atoms with Crippen molar-refractivity contribution in [1.29, 1.82) is 0 Å². The molecule has 0 aromatic carbocycles. The van der Waals surface area contributed by atoms with Crippen LogP contribution in [0, 0.1) is 13.8 Å². The molecule has 3 rings (SSSR count). The summed E-state index contributed by atoms with van der Waals surface area (Å²) in [5, 5.41) is 8.31. The zero-order valence-corrected chi connectivity index (χ0v) is 15.5. The Kier molecular flexibility index (Phi) is 6.08. The van der Waals surface area contributed by atoms with Crippen molar-refractivity contribution in [3.8, 4) is 0 Å². The van der Waals surface area contributed by atoms with E-state index in [1.165, 1.54) is 12.0 Å². The van der Waals surface area contributed by atoms with Gasteiger partial charge < -0.3 is 19.5 Å².